The van der Waals surface area contributed by atoms with Gasteiger partial charge < -0.3 is 14.2 Å². The van der Waals surface area contributed by atoms with Crippen LogP contribution in [0, 0.1) is 0 Å². The Morgan fingerprint density at radius 2 is 0.641 bits per heavy atom. The molecule has 64 heavy (non-hydrogen) atoms. The average molecular weight is 895 g/mol. The van der Waals surface area contributed by atoms with Gasteiger partial charge >= 0.3 is 11.9 Å². The van der Waals surface area contributed by atoms with E-state index in [1.54, 1.807) is 0 Å². The van der Waals surface area contributed by atoms with Crippen LogP contribution in [0.1, 0.15) is 278 Å². The summed E-state index contributed by atoms with van der Waals surface area (Å²) in [6.45, 7) is 7.61. The van der Waals surface area contributed by atoms with Crippen molar-refractivity contribution in [3.05, 3.63) is 60.8 Å². The maximum atomic E-state index is 12.6. The van der Waals surface area contributed by atoms with Gasteiger partial charge in [-0.15, -0.1) is 0 Å². The summed E-state index contributed by atoms with van der Waals surface area (Å²) in [5, 5.41) is 0. The summed E-state index contributed by atoms with van der Waals surface area (Å²) in [7, 11) is 0. The highest BCUT2D eigenvalue weighted by Crippen LogP contribution is 2.15. The molecule has 0 aliphatic carbocycles. The minimum atomic E-state index is -0.411. The lowest BCUT2D eigenvalue weighted by atomic mass is 10.0. The first-order valence-corrected chi connectivity index (χ1v) is 27.8. The Hall–Kier alpha value is -2.40. The quantitative estimate of drug-likeness (QED) is 0.0346. The fourth-order valence-electron chi connectivity index (χ4n) is 7.88. The summed E-state index contributed by atoms with van der Waals surface area (Å²) in [4.78, 5) is 25.3. The minimum absolute atomic E-state index is 0.144. The number of carbonyl (C=O) groups excluding carboxylic acids is 2. The molecule has 0 bridgehead atoms. The maximum Gasteiger partial charge on any atom is 0.305 e. The van der Waals surface area contributed by atoms with E-state index in [0.29, 0.717) is 19.4 Å². The van der Waals surface area contributed by atoms with E-state index in [2.05, 4.69) is 81.5 Å². The van der Waals surface area contributed by atoms with E-state index >= 15 is 0 Å². The van der Waals surface area contributed by atoms with E-state index in [1.165, 1.54) is 161 Å². The second-order valence-electron chi connectivity index (χ2n) is 18.5. The van der Waals surface area contributed by atoms with Crippen LogP contribution in [0.4, 0.5) is 0 Å². The number of unbranched alkanes of at least 4 members (excludes halogenated alkanes) is 30. The van der Waals surface area contributed by atoms with Crippen molar-refractivity contribution in [1.29, 1.82) is 0 Å². The van der Waals surface area contributed by atoms with E-state index in [0.717, 1.165) is 83.5 Å². The molecule has 372 valence electrons. The fraction of sp³-hybridized carbons (Fsp3) is 0.797. The van der Waals surface area contributed by atoms with E-state index in [-0.39, 0.29) is 25.2 Å². The van der Waals surface area contributed by atoms with E-state index in [1.807, 2.05) is 0 Å². The fourth-order valence-corrected chi connectivity index (χ4v) is 7.88. The predicted molar refractivity (Wildman–Crippen MR) is 279 cm³/mol. The number of allylic oxidation sites excluding steroid dienone is 10. The van der Waals surface area contributed by atoms with Crippen molar-refractivity contribution in [2.24, 2.45) is 0 Å². The molecule has 0 spiro atoms. The number of hydrogen-bond donors (Lipinski definition) is 0. The Morgan fingerprint density at radius 3 is 1.03 bits per heavy atom. The zero-order chi connectivity index (χ0) is 46.3. The Kier molecular flexibility index (Phi) is 52.9. The van der Waals surface area contributed by atoms with Crippen LogP contribution >= 0.6 is 0 Å². The van der Waals surface area contributed by atoms with E-state index in [9.17, 15) is 9.59 Å². The molecule has 0 N–H and O–H groups in total. The second kappa shape index (κ2) is 54.9. The first-order valence-electron chi connectivity index (χ1n) is 27.8. The molecule has 0 aromatic heterocycles. The van der Waals surface area contributed by atoms with Crippen LogP contribution < -0.4 is 0 Å². The monoisotopic (exact) mass is 895 g/mol. The lowest BCUT2D eigenvalue weighted by Crippen LogP contribution is -2.29. The number of rotatable bonds is 51. The van der Waals surface area contributed by atoms with Crippen LogP contribution in [0.15, 0.2) is 60.8 Å². The highest BCUT2D eigenvalue weighted by atomic mass is 16.6. The molecule has 0 saturated carbocycles. The Morgan fingerprint density at radius 1 is 0.344 bits per heavy atom. The van der Waals surface area contributed by atoms with Crippen LogP contribution in [0.3, 0.4) is 0 Å². The van der Waals surface area contributed by atoms with Gasteiger partial charge in [0.15, 0.2) is 0 Å². The predicted octanol–water partition coefficient (Wildman–Crippen LogP) is 18.9. The first kappa shape index (κ1) is 61.6. The lowest BCUT2D eigenvalue weighted by molar-refractivity contribution is -0.155. The van der Waals surface area contributed by atoms with Crippen LogP contribution in [0.25, 0.3) is 0 Å². The van der Waals surface area contributed by atoms with Crippen molar-refractivity contribution in [2.75, 3.05) is 19.8 Å². The van der Waals surface area contributed by atoms with Gasteiger partial charge in [0.2, 0.25) is 0 Å². The van der Waals surface area contributed by atoms with Crippen molar-refractivity contribution in [3.8, 4) is 0 Å². The Labute approximate surface area is 398 Å². The van der Waals surface area contributed by atoms with Crippen molar-refractivity contribution >= 4 is 11.9 Å². The number of hydrogen-bond acceptors (Lipinski definition) is 5. The molecule has 1 atom stereocenters. The van der Waals surface area contributed by atoms with Crippen LogP contribution in [0.2, 0.25) is 0 Å². The molecule has 0 aliphatic rings. The Bertz CT molecular complexity index is 1100. The van der Waals surface area contributed by atoms with Gasteiger partial charge in [0.25, 0.3) is 0 Å². The molecular weight excluding hydrogens is 789 g/mol. The van der Waals surface area contributed by atoms with Crippen molar-refractivity contribution in [2.45, 2.75) is 284 Å². The zero-order valence-corrected chi connectivity index (χ0v) is 42.8. The highest BCUT2D eigenvalue weighted by Gasteiger charge is 2.16. The van der Waals surface area contributed by atoms with Gasteiger partial charge in [0.1, 0.15) is 19.3 Å². The Balaban J connectivity index is 4.29. The number of esters is 2. The van der Waals surface area contributed by atoms with E-state index in [4.69, 9.17) is 14.2 Å². The molecule has 0 unspecified atom stereocenters. The summed E-state index contributed by atoms with van der Waals surface area (Å²) in [5.74, 6) is -0.357. The average Bonchev–Trinajstić information content (AvgIpc) is 3.30. The SMILES string of the molecule is CC/C=C\C/C=C\C/C=C\C/C=C\CCCCCCC(=O)OC[C@H](COC(=O)CCCCCCCCC/C=C\CCCCCC)OCCCCCCCCCCCCCCCCCC. The van der Waals surface area contributed by atoms with Gasteiger partial charge in [0.05, 0.1) is 0 Å². The first-order chi connectivity index (χ1) is 31.6. The van der Waals surface area contributed by atoms with Gasteiger partial charge in [0, 0.05) is 19.4 Å². The molecule has 0 heterocycles. The molecule has 0 aliphatic heterocycles. The number of carbonyl (C=O) groups is 2. The molecule has 0 fully saturated rings. The van der Waals surface area contributed by atoms with Crippen LogP contribution in [0.5, 0.6) is 0 Å². The molecule has 0 amide bonds. The molecule has 0 rings (SSSR count). The van der Waals surface area contributed by atoms with Gasteiger partial charge in [-0.25, -0.2) is 0 Å². The summed E-state index contributed by atoms with van der Waals surface area (Å²) in [6, 6.07) is 0. The summed E-state index contributed by atoms with van der Waals surface area (Å²) < 4.78 is 17.5. The van der Waals surface area contributed by atoms with E-state index < -0.39 is 6.10 Å². The lowest BCUT2D eigenvalue weighted by Gasteiger charge is -2.18. The molecular formula is C59H106O5. The highest BCUT2D eigenvalue weighted by molar-refractivity contribution is 5.69. The zero-order valence-electron chi connectivity index (χ0n) is 42.8. The second-order valence-corrected chi connectivity index (χ2v) is 18.5. The third-order valence-corrected chi connectivity index (χ3v) is 12.1. The molecule has 0 radical (unpaired) electrons. The number of ether oxygens (including phenoxy) is 3. The standard InChI is InChI=1S/C59H106O5/c1-4-7-10-13-16-19-22-25-28-30-32-35-38-41-44-47-50-53-59(61)64-56-57(62-54-51-48-45-42-39-36-33-29-26-23-20-17-14-11-8-5-2)55-63-58(60)52-49-46-43-40-37-34-31-27-24-21-18-15-12-9-6-3/h7,10,16,19,21,24-25,28,32,35,57H,4-6,8-9,11-15,17-18,20,22-23,26-27,29-31,33-34,36-56H2,1-3H3/b10-7-,19-16-,24-21-,28-25-,35-32-/t57-/m0/s1. The molecule has 0 aromatic rings. The van der Waals surface area contributed by atoms with Crippen LogP contribution in [-0.4, -0.2) is 37.9 Å². The van der Waals surface area contributed by atoms with Crippen LogP contribution in [-0.2, 0) is 23.8 Å². The topological polar surface area (TPSA) is 61.8 Å². The maximum absolute atomic E-state index is 12.6. The third-order valence-electron chi connectivity index (χ3n) is 12.1. The normalized spacial score (nSPS) is 12.6. The molecule has 0 aromatic carbocycles. The minimum Gasteiger partial charge on any atom is -0.463 e. The van der Waals surface area contributed by atoms with Gasteiger partial charge in [-0.05, 0) is 83.5 Å². The third kappa shape index (κ3) is 52.2. The van der Waals surface area contributed by atoms with Gasteiger partial charge in [-0.2, -0.15) is 0 Å². The van der Waals surface area contributed by atoms with Gasteiger partial charge in [-0.3, -0.25) is 9.59 Å². The summed E-state index contributed by atoms with van der Waals surface area (Å²) >= 11 is 0. The largest absolute Gasteiger partial charge is 0.463 e. The molecule has 5 nitrogen and oxygen atoms in total. The van der Waals surface area contributed by atoms with Gasteiger partial charge in [-0.1, -0.05) is 242 Å². The summed E-state index contributed by atoms with van der Waals surface area (Å²) in [5.41, 5.74) is 0. The molecule has 5 heteroatoms. The smallest absolute Gasteiger partial charge is 0.305 e. The van der Waals surface area contributed by atoms with Crippen molar-refractivity contribution in [3.63, 3.8) is 0 Å². The molecule has 0 saturated heterocycles. The summed E-state index contributed by atoms with van der Waals surface area (Å²) in [6.07, 6.45) is 69.7. The van der Waals surface area contributed by atoms with Crippen molar-refractivity contribution < 1.29 is 23.8 Å². The van der Waals surface area contributed by atoms with Crippen molar-refractivity contribution in [1.82, 2.24) is 0 Å².